The van der Waals surface area contributed by atoms with Crippen molar-refractivity contribution in [1.29, 1.82) is 0 Å². The zero-order valence-corrected chi connectivity index (χ0v) is 21.5. The van der Waals surface area contributed by atoms with Gasteiger partial charge in [0.15, 0.2) is 0 Å². The molecule has 194 valence electrons. The van der Waals surface area contributed by atoms with Crippen molar-refractivity contribution in [3.05, 3.63) is 0 Å². The number of nitrogens with one attached hydrogen (secondary N) is 1. The molecule has 0 radical (unpaired) electrons. The molecule has 0 atom stereocenters. The van der Waals surface area contributed by atoms with Gasteiger partial charge >= 0.3 is 0 Å². The van der Waals surface area contributed by atoms with Crippen LogP contribution in [0.4, 0.5) is 0 Å². The number of nitrogens with zero attached hydrogens (tertiary/aromatic N) is 1. The van der Waals surface area contributed by atoms with Crippen LogP contribution in [0.25, 0.3) is 0 Å². The lowest BCUT2D eigenvalue weighted by Crippen LogP contribution is -3.00. The number of hydrogen-bond acceptors (Lipinski definition) is 8. The van der Waals surface area contributed by atoms with E-state index in [1.54, 1.807) is 0 Å². The van der Waals surface area contributed by atoms with Crippen LogP contribution in [-0.2, 0) is 28.4 Å². The van der Waals surface area contributed by atoms with Gasteiger partial charge in [-0.05, 0) is 13.5 Å². The SMILES string of the molecule is C#CCOCCOCCOCCOCCN(CCOCCCC)CCOCCNC.[Cl-].[Cl-]. The predicted octanol–water partition coefficient (Wildman–Crippen LogP) is -4.95. The minimum absolute atomic E-state index is 0. The highest BCUT2D eigenvalue weighted by Crippen LogP contribution is 1.93. The zero-order chi connectivity index (χ0) is 22.0. The van der Waals surface area contributed by atoms with Gasteiger partial charge in [0, 0.05) is 32.8 Å². The summed E-state index contributed by atoms with van der Waals surface area (Å²) in [6.45, 7) is 12.9. The molecule has 0 bridgehead atoms. The van der Waals surface area contributed by atoms with E-state index in [0.29, 0.717) is 59.5 Å². The van der Waals surface area contributed by atoms with Crippen LogP contribution < -0.4 is 30.1 Å². The van der Waals surface area contributed by atoms with Crippen LogP contribution in [0.5, 0.6) is 0 Å². The zero-order valence-electron chi connectivity index (χ0n) is 20.0. The first kappa shape index (κ1) is 36.4. The third-order valence-electron chi connectivity index (χ3n) is 4.10. The number of terminal acetylenes is 1. The van der Waals surface area contributed by atoms with Gasteiger partial charge in [-0.3, -0.25) is 4.90 Å². The first-order chi connectivity index (χ1) is 14.8. The highest BCUT2D eigenvalue weighted by atomic mass is 35.5. The van der Waals surface area contributed by atoms with E-state index in [0.717, 1.165) is 58.8 Å². The van der Waals surface area contributed by atoms with Gasteiger partial charge in [0.25, 0.3) is 0 Å². The molecule has 0 aromatic rings. The third-order valence-corrected chi connectivity index (χ3v) is 4.10. The van der Waals surface area contributed by atoms with Crippen LogP contribution in [0.2, 0.25) is 0 Å². The topological polar surface area (TPSA) is 70.7 Å². The summed E-state index contributed by atoms with van der Waals surface area (Å²) in [6.07, 6.45) is 7.36. The Morgan fingerprint density at radius 1 is 0.656 bits per heavy atom. The molecule has 0 unspecified atom stereocenters. The van der Waals surface area contributed by atoms with E-state index in [1.807, 2.05) is 7.05 Å². The summed E-state index contributed by atoms with van der Waals surface area (Å²) in [6, 6.07) is 0. The number of unbranched alkanes of at least 4 members (excludes halogenated alkanes) is 1. The van der Waals surface area contributed by atoms with E-state index in [9.17, 15) is 0 Å². The lowest BCUT2D eigenvalue weighted by Gasteiger charge is -2.22. The Morgan fingerprint density at radius 3 is 1.56 bits per heavy atom. The van der Waals surface area contributed by atoms with Gasteiger partial charge in [-0.25, -0.2) is 0 Å². The lowest BCUT2D eigenvalue weighted by atomic mass is 10.4. The van der Waals surface area contributed by atoms with Crippen molar-refractivity contribution >= 4 is 0 Å². The minimum atomic E-state index is 0. The summed E-state index contributed by atoms with van der Waals surface area (Å²) in [4.78, 5) is 2.32. The molecule has 0 amide bonds. The summed E-state index contributed by atoms with van der Waals surface area (Å²) < 4.78 is 33.0. The van der Waals surface area contributed by atoms with Crippen molar-refractivity contribution in [3.8, 4) is 12.3 Å². The van der Waals surface area contributed by atoms with E-state index in [1.165, 1.54) is 0 Å². The minimum Gasteiger partial charge on any atom is -1.00 e. The molecular weight excluding hydrogens is 459 g/mol. The Hall–Kier alpha value is -0.180. The summed E-state index contributed by atoms with van der Waals surface area (Å²) in [5.74, 6) is 2.41. The molecule has 0 rings (SSSR count). The lowest BCUT2D eigenvalue weighted by molar-refractivity contribution is -0.00320. The van der Waals surface area contributed by atoms with Crippen LogP contribution in [0, 0.1) is 12.3 Å². The van der Waals surface area contributed by atoms with Gasteiger partial charge in [-0.1, -0.05) is 19.3 Å². The third kappa shape index (κ3) is 29.8. The van der Waals surface area contributed by atoms with Gasteiger partial charge < -0.3 is 58.6 Å². The number of halogens is 2. The van der Waals surface area contributed by atoms with Crippen molar-refractivity contribution in [2.75, 3.05) is 113 Å². The maximum absolute atomic E-state index is 5.69. The maximum atomic E-state index is 5.69. The molecule has 0 saturated heterocycles. The van der Waals surface area contributed by atoms with Crippen LogP contribution >= 0.6 is 0 Å². The summed E-state index contributed by atoms with van der Waals surface area (Å²) in [5, 5.41) is 3.08. The molecule has 32 heavy (non-hydrogen) atoms. The fourth-order valence-corrected chi connectivity index (χ4v) is 2.33. The van der Waals surface area contributed by atoms with Gasteiger partial charge in [0.2, 0.25) is 0 Å². The van der Waals surface area contributed by atoms with Crippen molar-refractivity contribution in [3.63, 3.8) is 0 Å². The van der Waals surface area contributed by atoms with Crippen LogP contribution in [0.1, 0.15) is 19.8 Å². The predicted molar refractivity (Wildman–Crippen MR) is 119 cm³/mol. The van der Waals surface area contributed by atoms with Gasteiger partial charge in [-0.15, -0.1) is 6.42 Å². The van der Waals surface area contributed by atoms with E-state index >= 15 is 0 Å². The maximum Gasteiger partial charge on any atom is 0.107 e. The van der Waals surface area contributed by atoms with E-state index in [-0.39, 0.29) is 24.8 Å². The summed E-state index contributed by atoms with van der Waals surface area (Å²) in [5.41, 5.74) is 0. The van der Waals surface area contributed by atoms with Crippen LogP contribution in [0.15, 0.2) is 0 Å². The van der Waals surface area contributed by atoms with Crippen LogP contribution in [-0.4, -0.2) is 117 Å². The average Bonchev–Trinajstić information content (AvgIpc) is 2.76. The molecule has 0 aliphatic carbocycles. The number of hydrogen-bond donors (Lipinski definition) is 1. The van der Waals surface area contributed by atoms with E-state index in [2.05, 4.69) is 23.1 Å². The van der Waals surface area contributed by atoms with Gasteiger partial charge in [0.1, 0.15) is 6.61 Å². The summed E-state index contributed by atoms with van der Waals surface area (Å²) >= 11 is 0. The number of ether oxygens (including phenoxy) is 6. The molecular formula is C22H44Cl2N2O6-2. The van der Waals surface area contributed by atoms with Crippen molar-refractivity contribution in [2.24, 2.45) is 0 Å². The normalized spacial score (nSPS) is 10.6. The second-order valence-electron chi connectivity index (χ2n) is 6.62. The monoisotopic (exact) mass is 502 g/mol. The standard InChI is InChI=1S/C22H44N2O6.2ClH/c1-4-6-12-26-14-8-24(9-15-27-13-7-23-3)10-16-28-18-20-30-22-21-29-19-17-25-11-5-2;;/h2,23H,4,6-22H2,1,3H3;2*1H/p-2. The van der Waals surface area contributed by atoms with E-state index in [4.69, 9.17) is 34.8 Å². The van der Waals surface area contributed by atoms with Crippen LogP contribution in [0.3, 0.4) is 0 Å². The molecule has 1 N–H and O–H groups in total. The first-order valence-electron chi connectivity index (χ1n) is 11.1. The highest BCUT2D eigenvalue weighted by Gasteiger charge is 2.05. The Balaban J connectivity index is -0.00000420. The molecule has 10 heteroatoms. The Bertz CT molecular complexity index is 365. The van der Waals surface area contributed by atoms with Gasteiger partial charge in [0.05, 0.1) is 66.1 Å². The fraction of sp³-hybridized carbons (Fsp3) is 0.909. The molecule has 8 nitrogen and oxygen atoms in total. The van der Waals surface area contributed by atoms with Crippen molar-refractivity contribution < 1.29 is 53.2 Å². The Labute approximate surface area is 208 Å². The molecule has 0 fully saturated rings. The number of rotatable bonds is 25. The first-order valence-corrected chi connectivity index (χ1v) is 11.1. The molecule has 0 heterocycles. The highest BCUT2D eigenvalue weighted by molar-refractivity contribution is 4.82. The van der Waals surface area contributed by atoms with E-state index < -0.39 is 0 Å². The Kier molecular flexibility index (Phi) is 37.5. The largest absolute Gasteiger partial charge is 1.00 e. The van der Waals surface area contributed by atoms with Crippen molar-refractivity contribution in [2.45, 2.75) is 19.8 Å². The second kappa shape index (κ2) is 33.0. The van der Waals surface area contributed by atoms with Gasteiger partial charge in [-0.2, -0.15) is 0 Å². The molecule has 0 saturated carbocycles. The molecule has 0 aromatic heterocycles. The Morgan fingerprint density at radius 2 is 1.09 bits per heavy atom. The molecule has 0 aliphatic heterocycles. The fourth-order valence-electron chi connectivity index (χ4n) is 2.33. The molecule has 0 spiro atoms. The smallest absolute Gasteiger partial charge is 0.107 e. The second-order valence-corrected chi connectivity index (χ2v) is 6.62. The quantitative estimate of drug-likeness (QED) is 0.0983. The summed E-state index contributed by atoms with van der Waals surface area (Å²) in [7, 11) is 1.93. The average molecular weight is 504 g/mol. The van der Waals surface area contributed by atoms with Crippen molar-refractivity contribution in [1.82, 2.24) is 10.2 Å². The molecule has 0 aromatic carbocycles. The molecule has 0 aliphatic rings. The number of likely N-dealkylation sites (N-methyl/N-ethyl adjacent to an activating group) is 1.